The average Bonchev–Trinajstić information content (AvgIpc) is 3.63. The Kier molecular flexibility index (Phi) is 49.2. The summed E-state index contributed by atoms with van der Waals surface area (Å²) < 4.78 is 22.8. The molecule has 0 bridgehead atoms. The van der Waals surface area contributed by atoms with Crippen LogP contribution in [-0.4, -0.2) is 140 Å². The Bertz CT molecular complexity index is 1450. The number of hydrogen-bond acceptors (Lipinski definition) is 13. The maximum Gasteiger partial charge on any atom is 0.220 e. The number of unbranched alkanes of at least 4 members (excludes halogenated alkanes) is 41. The summed E-state index contributed by atoms with van der Waals surface area (Å²) in [6.45, 7) is 2.81. The third-order valence-corrected chi connectivity index (χ3v) is 16.9. The molecule has 2 rings (SSSR count). The fourth-order valence-electron chi connectivity index (χ4n) is 11.4. The van der Waals surface area contributed by atoms with Gasteiger partial charge in [0.15, 0.2) is 12.6 Å². The van der Waals surface area contributed by atoms with Gasteiger partial charge in [0.05, 0.1) is 32.0 Å². The third kappa shape index (κ3) is 37.6. The summed E-state index contributed by atoms with van der Waals surface area (Å²) in [6.07, 6.45) is 48.3. The van der Waals surface area contributed by atoms with Crippen LogP contribution in [0.15, 0.2) is 24.3 Å². The number of aliphatic hydroxyl groups is 8. The first-order valence-electron chi connectivity index (χ1n) is 34.1. The van der Waals surface area contributed by atoms with Crippen molar-refractivity contribution in [1.29, 1.82) is 0 Å². The number of rotatable bonds is 56. The van der Waals surface area contributed by atoms with E-state index in [0.717, 1.165) is 32.1 Å². The highest BCUT2D eigenvalue weighted by molar-refractivity contribution is 5.76. The average molecular weight is 1150 g/mol. The summed E-state index contributed by atoms with van der Waals surface area (Å²) in [7, 11) is 0. The molecule has 2 aliphatic rings. The van der Waals surface area contributed by atoms with Gasteiger partial charge >= 0.3 is 0 Å². The zero-order chi connectivity index (χ0) is 58.8. The minimum Gasteiger partial charge on any atom is -0.394 e. The van der Waals surface area contributed by atoms with E-state index in [2.05, 4.69) is 31.3 Å². The quantitative estimate of drug-likeness (QED) is 0.0204. The number of hydrogen-bond donors (Lipinski definition) is 9. The van der Waals surface area contributed by atoms with Gasteiger partial charge in [-0.15, -0.1) is 0 Å². The molecule has 0 radical (unpaired) electrons. The van der Waals surface area contributed by atoms with Crippen LogP contribution in [0.1, 0.15) is 303 Å². The molecule has 0 aromatic heterocycles. The van der Waals surface area contributed by atoms with Crippen molar-refractivity contribution in [3.63, 3.8) is 0 Å². The topological polar surface area (TPSA) is 228 Å². The van der Waals surface area contributed by atoms with Crippen LogP contribution in [0.5, 0.6) is 0 Å². The largest absolute Gasteiger partial charge is 0.394 e. The Morgan fingerprint density at radius 1 is 0.432 bits per heavy atom. The van der Waals surface area contributed by atoms with Gasteiger partial charge < -0.3 is 65.1 Å². The van der Waals surface area contributed by atoms with Gasteiger partial charge in [0.1, 0.15) is 48.8 Å². The van der Waals surface area contributed by atoms with Crippen LogP contribution in [0.4, 0.5) is 0 Å². The first-order valence-corrected chi connectivity index (χ1v) is 34.1. The summed E-state index contributed by atoms with van der Waals surface area (Å²) in [5.74, 6) is -0.243. The Hall–Kier alpha value is -1.53. The van der Waals surface area contributed by atoms with E-state index in [1.165, 1.54) is 238 Å². The van der Waals surface area contributed by atoms with Crippen LogP contribution >= 0.6 is 0 Å². The van der Waals surface area contributed by atoms with E-state index in [-0.39, 0.29) is 18.9 Å². The Morgan fingerprint density at radius 3 is 1.21 bits per heavy atom. The molecule has 0 saturated carbocycles. The summed E-state index contributed by atoms with van der Waals surface area (Å²) in [5, 5.41) is 87.1. The van der Waals surface area contributed by atoms with Crippen molar-refractivity contribution < 1.29 is 64.6 Å². The molecule has 0 aromatic rings. The van der Waals surface area contributed by atoms with Crippen molar-refractivity contribution in [3.8, 4) is 0 Å². The Morgan fingerprint density at radius 2 is 0.790 bits per heavy atom. The molecule has 9 N–H and O–H groups in total. The van der Waals surface area contributed by atoms with Crippen molar-refractivity contribution in [1.82, 2.24) is 5.32 Å². The highest BCUT2D eigenvalue weighted by Crippen LogP contribution is 2.30. The van der Waals surface area contributed by atoms with Gasteiger partial charge in [-0.1, -0.05) is 289 Å². The molecular formula is C67H127NO13. The molecule has 12 unspecified atom stereocenters. The molecular weight excluding hydrogens is 1030 g/mol. The molecule has 478 valence electrons. The van der Waals surface area contributed by atoms with Gasteiger partial charge in [-0.2, -0.15) is 0 Å². The zero-order valence-corrected chi connectivity index (χ0v) is 51.8. The van der Waals surface area contributed by atoms with Crippen molar-refractivity contribution in [2.24, 2.45) is 0 Å². The number of nitrogens with one attached hydrogen (secondary N) is 1. The lowest BCUT2D eigenvalue weighted by molar-refractivity contribution is -0.359. The lowest BCUT2D eigenvalue weighted by Gasteiger charge is -2.46. The minimum atomic E-state index is -1.79. The normalized spacial score (nSPS) is 24.2. The van der Waals surface area contributed by atoms with Crippen LogP contribution in [0.25, 0.3) is 0 Å². The van der Waals surface area contributed by atoms with E-state index < -0.39 is 86.8 Å². The lowest BCUT2D eigenvalue weighted by atomic mass is 9.97. The number of allylic oxidation sites excluding steroid dienone is 3. The molecule has 81 heavy (non-hydrogen) atoms. The van der Waals surface area contributed by atoms with Gasteiger partial charge in [0.2, 0.25) is 5.91 Å². The second kappa shape index (κ2) is 52.8. The maximum atomic E-state index is 13.3. The third-order valence-electron chi connectivity index (χ3n) is 16.9. The summed E-state index contributed by atoms with van der Waals surface area (Å²) in [6, 6.07) is -0.928. The number of ether oxygens (including phenoxy) is 4. The van der Waals surface area contributed by atoms with Crippen molar-refractivity contribution >= 4 is 5.91 Å². The van der Waals surface area contributed by atoms with Crippen LogP contribution in [0.2, 0.25) is 0 Å². The zero-order valence-electron chi connectivity index (χ0n) is 51.8. The second-order valence-corrected chi connectivity index (χ2v) is 24.3. The van der Waals surface area contributed by atoms with Crippen molar-refractivity contribution in [2.75, 3.05) is 19.8 Å². The Balaban J connectivity index is 1.61. The fourth-order valence-corrected chi connectivity index (χ4v) is 11.4. The van der Waals surface area contributed by atoms with E-state index in [1.807, 2.05) is 6.08 Å². The molecule has 1 amide bonds. The van der Waals surface area contributed by atoms with Gasteiger partial charge in [0.25, 0.3) is 0 Å². The fraction of sp³-hybridized carbons (Fsp3) is 0.925. The summed E-state index contributed by atoms with van der Waals surface area (Å²) in [4.78, 5) is 13.3. The van der Waals surface area contributed by atoms with Crippen LogP contribution in [0.3, 0.4) is 0 Å². The molecule has 2 saturated heterocycles. The smallest absolute Gasteiger partial charge is 0.220 e. The van der Waals surface area contributed by atoms with Gasteiger partial charge in [-0.25, -0.2) is 0 Å². The molecule has 0 aromatic carbocycles. The monoisotopic (exact) mass is 1150 g/mol. The second-order valence-electron chi connectivity index (χ2n) is 24.3. The predicted octanol–water partition coefficient (Wildman–Crippen LogP) is 13.2. The molecule has 0 spiro atoms. The first kappa shape index (κ1) is 75.6. The van der Waals surface area contributed by atoms with E-state index in [0.29, 0.717) is 12.8 Å². The van der Waals surface area contributed by atoms with E-state index in [9.17, 15) is 45.6 Å². The van der Waals surface area contributed by atoms with Crippen molar-refractivity contribution in [3.05, 3.63) is 24.3 Å². The number of aliphatic hydroxyl groups excluding tert-OH is 8. The highest BCUT2D eigenvalue weighted by Gasteiger charge is 2.51. The van der Waals surface area contributed by atoms with Crippen LogP contribution < -0.4 is 5.32 Å². The molecule has 2 heterocycles. The number of carbonyl (C=O) groups excluding carboxylic acids is 1. The molecule has 0 aliphatic carbocycles. The van der Waals surface area contributed by atoms with Gasteiger partial charge in [-0.3, -0.25) is 4.79 Å². The molecule has 2 aliphatic heterocycles. The summed E-state index contributed by atoms with van der Waals surface area (Å²) >= 11 is 0. The maximum absolute atomic E-state index is 13.3. The number of carbonyl (C=O) groups is 1. The number of amides is 1. The molecule has 14 nitrogen and oxygen atoms in total. The van der Waals surface area contributed by atoms with E-state index >= 15 is 0 Å². The molecule has 14 heteroatoms. The lowest BCUT2D eigenvalue weighted by Crippen LogP contribution is -2.65. The van der Waals surface area contributed by atoms with Crippen LogP contribution in [-0.2, 0) is 23.7 Å². The molecule has 12 atom stereocenters. The standard InChI is InChI=1S/C67H127NO13/c1-3-5-7-9-11-13-15-17-19-20-21-22-23-24-25-26-27-28-29-30-31-32-33-34-35-36-37-39-41-43-45-47-49-51-59(72)68-55(56(71)50-48-46-44-42-40-38-18-16-14-12-10-8-6-4-2)54-78-66-64(77)62(75)65(58(53-70)80-66)81-67-63(76)61(74)60(73)57(52-69)79-67/h40,42,48,50,55-58,60-67,69-71,73-77H,3-39,41,43-47,49,51-54H2,1-2H3,(H,68,72)/b42-40+,50-48+. The van der Waals surface area contributed by atoms with Gasteiger partial charge in [-0.05, 0) is 32.1 Å². The minimum absolute atomic E-state index is 0.243. The summed E-state index contributed by atoms with van der Waals surface area (Å²) in [5.41, 5.74) is 0. The highest BCUT2D eigenvalue weighted by atomic mass is 16.7. The first-order chi connectivity index (χ1) is 39.6. The molecule has 2 fully saturated rings. The predicted molar refractivity (Wildman–Crippen MR) is 328 cm³/mol. The van der Waals surface area contributed by atoms with Gasteiger partial charge in [0, 0.05) is 6.42 Å². The Labute approximate surface area is 494 Å². The van der Waals surface area contributed by atoms with Crippen molar-refractivity contribution in [2.45, 2.75) is 376 Å². The van der Waals surface area contributed by atoms with E-state index in [4.69, 9.17) is 18.9 Å². The SMILES string of the molecule is CCCCCCCCCC/C=C/CC/C=C/C(O)C(COC1OC(CO)C(OC2OC(CO)C(O)C(O)C2O)C(O)C1O)NC(=O)CCCCCCCCCCCCCCCCCCCCCCCCCCCCCCCCCCC. The van der Waals surface area contributed by atoms with E-state index in [1.54, 1.807) is 6.08 Å². The van der Waals surface area contributed by atoms with Crippen LogP contribution in [0, 0.1) is 0 Å².